The van der Waals surface area contributed by atoms with E-state index in [1.54, 1.807) is 0 Å². The molecule has 98 valence electrons. The first-order valence-corrected chi connectivity index (χ1v) is 6.18. The summed E-state index contributed by atoms with van der Waals surface area (Å²) in [4.78, 5) is 3.33. The summed E-state index contributed by atoms with van der Waals surface area (Å²) >= 11 is 0. The zero-order valence-corrected chi connectivity index (χ0v) is 11.6. The average molecular weight is 273 g/mol. The van der Waals surface area contributed by atoms with Crippen molar-refractivity contribution in [3.8, 4) is 11.1 Å². The van der Waals surface area contributed by atoms with Crippen LogP contribution in [0.1, 0.15) is 18.5 Å². The van der Waals surface area contributed by atoms with E-state index in [2.05, 4.69) is 53.6 Å². The molecule has 1 atom stereocenters. The highest BCUT2D eigenvalue weighted by molar-refractivity contribution is 5.95. The van der Waals surface area contributed by atoms with Gasteiger partial charge >= 0.3 is 0 Å². The number of halogens is 1. The largest absolute Gasteiger partial charge is 0.361 e. The number of aromatic nitrogens is 1. The van der Waals surface area contributed by atoms with Crippen molar-refractivity contribution in [2.45, 2.75) is 13.0 Å². The molecule has 3 rings (SSSR count). The molecule has 3 N–H and O–H groups in total. The summed E-state index contributed by atoms with van der Waals surface area (Å²) in [6.45, 7) is 2.00. The first-order valence-electron chi connectivity index (χ1n) is 6.18. The van der Waals surface area contributed by atoms with Crippen molar-refractivity contribution in [1.29, 1.82) is 0 Å². The minimum Gasteiger partial charge on any atom is -0.361 e. The molecular weight excluding hydrogens is 256 g/mol. The maximum Gasteiger partial charge on any atom is 0.0463 e. The highest BCUT2D eigenvalue weighted by Gasteiger charge is 2.07. The Morgan fingerprint density at radius 2 is 1.79 bits per heavy atom. The van der Waals surface area contributed by atoms with Crippen molar-refractivity contribution in [1.82, 2.24) is 4.98 Å². The summed E-state index contributed by atoms with van der Waals surface area (Å²) in [7, 11) is 0. The normalized spacial score (nSPS) is 12.1. The molecule has 0 aliphatic heterocycles. The molecule has 1 heterocycles. The molecule has 0 saturated heterocycles. The fourth-order valence-corrected chi connectivity index (χ4v) is 2.28. The van der Waals surface area contributed by atoms with Gasteiger partial charge in [-0.1, -0.05) is 42.5 Å². The maximum atomic E-state index is 5.91. The number of H-pyrrole nitrogens is 1. The number of hydrogen-bond donors (Lipinski definition) is 2. The summed E-state index contributed by atoms with van der Waals surface area (Å²) < 4.78 is 0. The van der Waals surface area contributed by atoms with Crippen molar-refractivity contribution in [3.63, 3.8) is 0 Å². The van der Waals surface area contributed by atoms with Crippen LogP contribution < -0.4 is 5.73 Å². The smallest absolute Gasteiger partial charge is 0.0463 e. The second-order valence-corrected chi connectivity index (χ2v) is 4.66. The number of nitrogens with one attached hydrogen (secondary N) is 1. The molecule has 2 nitrogen and oxygen atoms in total. The SMILES string of the molecule is C[C@H](N)c1ccc2c(-c3ccccc3)c[nH]c2c1.Cl. The lowest BCUT2D eigenvalue weighted by molar-refractivity contribution is 0.820. The van der Waals surface area contributed by atoms with Crippen molar-refractivity contribution in [2.24, 2.45) is 5.73 Å². The van der Waals surface area contributed by atoms with Gasteiger partial charge in [0, 0.05) is 28.7 Å². The van der Waals surface area contributed by atoms with E-state index in [4.69, 9.17) is 5.73 Å². The van der Waals surface area contributed by atoms with Crippen LogP contribution in [0.25, 0.3) is 22.0 Å². The van der Waals surface area contributed by atoms with Gasteiger partial charge in [-0.3, -0.25) is 0 Å². The standard InChI is InChI=1S/C16H16N2.ClH/c1-11(17)13-7-8-14-15(10-18-16(14)9-13)12-5-3-2-4-6-12;/h2-11,18H,17H2,1H3;1H/t11-;/m0./s1. The molecule has 19 heavy (non-hydrogen) atoms. The van der Waals surface area contributed by atoms with Crippen LogP contribution in [-0.2, 0) is 0 Å². The third-order valence-electron chi connectivity index (χ3n) is 3.32. The van der Waals surface area contributed by atoms with Gasteiger partial charge in [0.25, 0.3) is 0 Å². The van der Waals surface area contributed by atoms with E-state index in [0.717, 1.165) is 11.1 Å². The van der Waals surface area contributed by atoms with Crippen LogP contribution >= 0.6 is 12.4 Å². The van der Waals surface area contributed by atoms with Crippen LogP contribution in [0.5, 0.6) is 0 Å². The molecule has 0 aliphatic carbocycles. The van der Waals surface area contributed by atoms with Gasteiger partial charge in [-0.05, 0) is 24.1 Å². The topological polar surface area (TPSA) is 41.8 Å². The molecule has 1 aromatic heterocycles. The summed E-state index contributed by atoms with van der Waals surface area (Å²) in [6, 6.07) is 16.9. The van der Waals surface area contributed by atoms with Gasteiger partial charge in [-0.25, -0.2) is 0 Å². The van der Waals surface area contributed by atoms with E-state index in [9.17, 15) is 0 Å². The number of fused-ring (bicyclic) bond motifs is 1. The summed E-state index contributed by atoms with van der Waals surface area (Å²) in [5.41, 5.74) is 10.7. The minimum atomic E-state index is 0. The summed E-state index contributed by atoms with van der Waals surface area (Å²) in [6.07, 6.45) is 2.06. The van der Waals surface area contributed by atoms with Crippen molar-refractivity contribution in [3.05, 3.63) is 60.3 Å². The number of benzene rings is 2. The maximum absolute atomic E-state index is 5.91. The van der Waals surface area contributed by atoms with Gasteiger partial charge in [0.15, 0.2) is 0 Å². The quantitative estimate of drug-likeness (QED) is 0.718. The van der Waals surface area contributed by atoms with E-state index >= 15 is 0 Å². The molecule has 0 amide bonds. The Labute approximate surface area is 119 Å². The Morgan fingerprint density at radius 1 is 1.05 bits per heavy atom. The van der Waals surface area contributed by atoms with Gasteiger partial charge in [0.2, 0.25) is 0 Å². The Bertz CT molecular complexity index is 672. The number of aromatic amines is 1. The number of hydrogen-bond acceptors (Lipinski definition) is 1. The monoisotopic (exact) mass is 272 g/mol. The predicted octanol–water partition coefficient (Wildman–Crippen LogP) is 4.28. The lowest BCUT2D eigenvalue weighted by Gasteiger charge is -2.05. The minimum absolute atomic E-state index is 0. The zero-order chi connectivity index (χ0) is 12.5. The molecule has 2 aromatic carbocycles. The highest BCUT2D eigenvalue weighted by atomic mass is 35.5. The predicted molar refractivity (Wildman–Crippen MR) is 83.6 cm³/mol. The van der Waals surface area contributed by atoms with E-state index in [0.29, 0.717) is 0 Å². The number of nitrogens with two attached hydrogens (primary N) is 1. The molecule has 0 radical (unpaired) electrons. The van der Waals surface area contributed by atoms with Gasteiger partial charge in [-0.2, -0.15) is 0 Å². The van der Waals surface area contributed by atoms with Crippen LogP contribution in [0, 0.1) is 0 Å². The van der Waals surface area contributed by atoms with Gasteiger partial charge in [0.1, 0.15) is 0 Å². The Hall–Kier alpha value is -1.77. The van der Waals surface area contributed by atoms with Crippen molar-refractivity contribution >= 4 is 23.3 Å². The van der Waals surface area contributed by atoms with Crippen LogP contribution in [-0.4, -0.2) is 4.98 Å². The zero-order valence-electron chi connectivity index (χ0n) is 10.8. The van der Waals surface area contributed by atoms with Gasteiger partial charge in [0.05, 0.1) is 0 Å². The first-order chi connectivity index (χ1) is 8.75. The summed E-state index contributed by atoms with van der Waals surface area (Å²) in [5, 5.41) is 1.24. The van der Waals surface area contributed by atoms with E-state index in [1.165, 1.54) is 16.5 Å². The molecule has 3 aromatic rings. The molecule has 0 aliphatic rings. The first kappa shape index (κ1) is 13.7. The average Bonchev–Trinajstić information content (AvgIpc) is 2.82. The Kier molecular flexibility index (Phi) is 3.93. The Balaban J connectivity index is 0.00000133. The van der Waals surface area contributed by atoms with Crippen molar-refractivity contribution < 1.29 is 0 Å². The molecular formula is C16H17ClN2. The van der Waals surface area contributed by atoms with Gasteiger partial charge < -0.3 is 10.7 Å². The van der Waals surface area contributed by atoms with Crippen LogP contribution in [0.15, 0.2) is 54.7 Å². The molecule has 0 fully saturated rings. The second kappa shape index (κ2) is 5.47. The lowest BCUT2D eigenvalue weighted by Crippen LogP contribution is -2.04. The molecule has 0 bridgehead atoms. The Morgan fingerprint density at radius 3 is 2.47 bits per heavy atom. The number of rotatable bonds is 2. The third-order valence-corrected chi connectivity index (χ3v) is 3.32. The van der Waals surface area contributed by atoms with Crippen LogP contribution in [0.2, 0.25) is 0 Å². The summed E-state index contributed by atoms with van der Waals surface area (Å²) in [5.74, 6) is 0. The molecule has 0 spiro atoms. The molecule has 0 saturated carbocycles. The van der Waals surface area contributed by atoms with E-state index in [-0.39, 0.29) is 18.4 Å². The van der Waals surface area contributed by atoms with E-state index < -0.39 is 0 Å². The third kappa shape index (κ3) is 2.50. The highest BCUT2D eigenvalue weighted by Crippen LogP contribution is 2.29. The second-order valence-electron chi connectivity index (χ2n) is 4.66. The van der Waals surface area contributed by atoms with Crippen LogP contribution in [0.4, 0.5) is 0 Å². The fraction of sp³-hybridized carbons (Fsp3) is 0.125. The van der Waals surface area contributed by atoms with Crippen molar-refractivity contribution in [2.75, 3.05) is 0 Å². The van der Waals surface area contributed by atoms with Gasteiger partial charge in [-0.15, -0.1) is 12.4 Å². The fourth-order valence-electron chi connectivity index (χ4n) is 2.28. The molecule has 0 unspecified atom stereocenters. The molecule has 3 heteroatoms. The lowest BCUT2D eigenvalue weighted by atomic mass is 10.0. The van der Waals surface area contributed by atoms with Crippen LogP contribution in [0.3, 0.4) is 0 Å². The van der Waals surface area contributed by atoms with E-state index in [1.807, 2.05) is 13.0 Å².